The largest absolute Gasteiger partial charge is 0.484 e. The van der Waals surface area contributed by atoms with Gasteiger partial charge in [0.25, 0.3) is 11.8 Å². The van der Waals surface area contributed by atoms with Gasteiger partial charge in [0.2, 0.25) is 0 Å². The van der Waals surface area contributed by atoms with E-state index in [1.807, 2.05) is 24.0 Å². The minimum atomic E-state index is -0.909. The van der Waals surface area contributed by atoms with Crippen molar-refractivity contribution >= 4 is 35.1 Å². The van der Waals surface area contributed by atoms with E-state index in [0.717, 1.165) is 17.3 Å². The maximum Gasteiger partial charge on any atom is 0.305 e. The molecule has 0 radical (unpaired) electrons. The number of aryl methyl sites for hydroxylation is 1. The Morgan fingerprint density at radius 1 is 1.16 bits per heavy atom. The zero-order chi connectivity index (χ0) is 26.4. The highest BCUT2D eigenvalue weighted by atomic mass is 35.5. The van der Waals surface area contributed by atoms with E-state index in [9.17, 15) is 18.8 Å². The van der Waals surface area contributed by atoms with E-state index >= 15 is 0 Å². The number of carboxylic acids is 1. The molecule has 0 spiro atoms. The molecule has 9 nitrogen and oxygen atoms in total. The molecular formula is C26H27ClFN3O6. The number of hydrogen-bond acceptors (Lipinski definition) is 6. The van der Waals surface area contributed by atoms with Gasteiger partial charge in [0.1, 0.15) is 17.3 Å². The van der Waals surface area contributed by atoms with Crippen molar-refractivity contribution in [3.63, 3.8) is 0 Å². The minimum absolute atomic E-state index is 0.0242. The highest BCUT2D eigenvalue weighted by molar-refractivity contribution is 6.30. The zero-order valence-electron chi connectivity index (χ0n) is 20.2. The molecule has 0 aromatic heterocycles. The summed E-state index contributed by atoms with van der Waals surface area (Å²) in [6, 6.07) is 9.57. The number of anilines is 1. The first-order valence-corrected chi connectivity index (χ1v) is 12.4. The van der Waals surface area contributed by atoms with Gasteiger partial charge in [-0.25, -0.2) is 4.39 Å². The molecule has 6 rings (SSSR count). The maximum atomic E-state index is 13.5. The zero-order valence-corrected chi connectivity index (χ0v) is 20.9. The van der Waals surface area contributed by atoms with Crippen LogP contribution >= 0.6 is 11.6 Å². The molecule has 1 atom stereocenters. The molecule has 2 aromatic rings. The van der Waals surface area contributed by atoms with Crippen LogP contribution in [0.5, 0.6) is 11.5 Å². The standard InChI is InChI=1S/C26H27ClFN3O6/c1-15-2-5-20-19(8-15)31(7-6-23(33)34)10-21(37-20)24(35)30-26-12-25(13-26,14-26)29-22(32)11-36-16-3-4-17(27)18(28)9-16/h2-5,8-9,21H,6-7,10-14H2,1H3,(H,29,32)(H,30,35)(H,33,34). The van der Waals surface area contributed by atoms with Crippen molar-refractivity contribution < 1.29 is 33.4 Å². The van der Waals surface area contributed by atoms with Crippen LogP contribution in [-0.4, -0.2) is 59.8 Å². The van der Waals surface area contributed by atoms with Crippen molar-refractivity contribution in [2.45, 2.75) is 49.8 Å². The van der Waals surface area contributed by atoms with Crippen LogP contribution in [0.4, 0.5) is 10.1 Å². The maximum absolute atomic E-state index is 13.5. The molecule has 196 valence electrons. The van der Waals surface area contributed by atoms with E-state index in [1.165, 1.54) is 12.1 Å². The summed E-state index contributed by atoms with van der Waals surface area (Å²) in [7, 11) is 0. The average Bonchev–Trinajstić information content (AvgIpc) is 2.80. The second-order valence-corrected chi connectivity index (χ2v) is 10.6. The Balaban J connectivity index is 1.12. The van der Waals surface area contributed by atoms with E-state index in [1.54, 1.807) is 6.07 Å². The van der Waals surface area contributed by atoms with Gasteiger partial charge in [-0.2, -0.15) is 0 Å². The number of amides is 2. The molecule has 1 heterocycles. The van der Waals surface area contributed by atoms with Gasteiger partial charge in [0, 0.05) is 23.7 Å². The molecule has 4 aliphatic rings. The van der Waals surface area contributed by atoms with E-state index < -0.39 is 23.4 Å². The first-order valence-electron chi connectivity index (χ1n) is 12.0. The molecule has 2 aromatic carbocycles. The van der Waals surface area contributed by atoms with Gasteiger partial charge in [0.15, 0.2) is 12.7 Å². The van der Waals surface area contributed by atoms with Crippen LogP contribution in [0.1, 0.15) is 31.2 Å². The normalized spacial score (nSPS) is 25.1. The van der Waals surface area contributed by atoms with Gasteiger partial charge in [-0.3, -0.25) is 14.4 Å². The van der Waals surface area contributed by atoms with Gasteiger partial charge in [-0.05, 0) is 56.0 Å². The third-order valence-electron chi connectivity index (χ3n) is 7.08. The molecule has 2 amide bonds. The molecule has 3 aliphatic carbocycles. The molecule has 3 N–H and O–H groups in total. The summed E-state index contributed by atoms with van der Waals surface area (Å²) in [6.45, 7) is 2.19. The number of nitrogens with one attached hydrogen (secondary N) is 2. The van der Waals surface area contributed by atoms with E-state index in [0.29, 0.717) is 25.0 Å². The smallest absolute Gasteiger partial charge is 0.305 e. The lowest BCUT2D eigenvalue weighted by atomic mass is 9.44. The van der Waals surface area contributed by atoms with Crippen LogP contribution in [0.3, 0.4) is 0 Å². The predicted molar refractivity (Wildman–Crippen MR) is 133 cm³/mol. The number of hydrogen-bond donors (Lipinski definition) is 3. The molecule has 2 bridgehead atoms. The molecule has 1 aliphatic heterocycles. The van der Waals surface area contributed by atoms with Crippen molar-refractivity contribution in [1.82, 2.24) is 10.6 Å². The molecular weight excluding hydrogens is 505 g/mol. The number of fused-ring (bicyclic) bond motifs is 1. The third kappa shape index (κ3) is 5.16. The van der Waals surface area contributed by atoms with Gasteiger partial charge in [-0.15, -0.1) is 0 Å². The summed E-state index contributed by atoms with van der Waals surface area (Å²) >= 11 is 5.65. The van der Waals surface area contributed by atoms with Crippen LogP contribution in [0.2, 0.25) is 5.02 Å². The highest BCUT2D eigenvalue weighted by Crippen LogP contribution is 2.60. The number of rotatable bonds is 9. The van der Waals surface area contributed by atoms with Crippen molar-refractivity contribution in [3.8, 4) is 11.5 Å². The third-order valence-corrected chi connectivity index (χ3v) is 7.39. The summed E-state index contributed by atoms with van der Waals surface area (Å²) in [6.07, 6.45) is 0.955. The minimum Gasteiger partial charge on any atom is -0.484 e. The predicted octanol–water partition coefficient (Wildman–Crippen LogP) is 2.82. The molecule has 1 unspecified atom stereocenters. The number of aliphatic carboxylic acids is 1. The fourth-order valence-electron chi connectivity index (χ4n) is 5.48. The number of ether oxygens (including phenoxy) is 2. The monoisotopic (exact) mass is 531 g/mol. The SMILES string of the molecule is Cc1ccc2c(c1)N(CCC(=O)O)CC(C(=O)NC13CC(NC(=O)COc4ccc(Cl)c(F)c4)(C1)C3)O2. The first-order chi connectivity index (χ1) is 17.6. The number of carbonyl (C=O) groups is 3. The van der Waals surface area contributed by atoms with Gasteiger partial charge in [0.05, 0.1) is 23.7 Å². The van der Waals surface area contributed by atoms with Crippen LogP contribution in [0.15, 0.2) is 36.4 Å². The Hall–Kier alpha value is -3.53. The second-order valence-electron chi connectivity index (χ2n) is 10.2. The fourth-order valence-corrected chi connectivity index (χ4v) is 5.60. The van der Waals surface area contributed by atoms with Crippen molar-refractivity contribution in [1.29, 1.82) is 0 Å². The molecule has 0 saturated heterocycles. The Morgan fingerprint density at radius 3 is 2.59 bits per heavy atom. The molecule has 3 fully saturated rings. The quantitative estimate of drug-likeness (QED) is 0.455. The number of carboxylic acid groups (broad SMARTS) is 1. The molecule has 37 heavy (non-hydrogen) atoms. The molecule has 11 heteroatoms. The van der Waals surface area contributed by atoms with Gasteiger partial charge in [-0.1, -0.05) is 17.7 Å². The van der Waals surface area contributed by atoms with Gasteiger partial charge >= 0.3 is 5.97 Å². The van der Waals surface area contributed by atoms with Crippen LogP contribution in [0, 0.1) is 12.7 Å². The lowest BCUT2D eigenvalue weighted by Gasteiger charge is -2.70. The Bertz CT molecular complexity index is 1250. The lowest BCUT2D eigenvalue weighted by Crippen LogP contribution is -2.84. The van der Waals surface area contributed by atoms with Crippen LogP contribution < -0.4 is 25.0 Å². The van der Waals surface area contributed by atoms with Crippen molar-refractivity contribution in [2.24, 2.45) is 0 Å². The average molecular weight is 532 g/mol. The van der Waals surface area contributed by atoms with E-state index in [4.69, 9.17) is 26.2 Å². The molecule has 3 saturated carbocycles. The highest BCUT2D eigenvalue weighted by Gasteiger charge is 2.69. The number of nitrogens with zero attached hydrogens (tertiary/aromatic N) is 1. The summed E-state index contributed by atoms with van der Waals surface area (Å²) < 4.78 is 24.8. The first kappa shape index (κ1) is 25.1. The lowest BCUT2D eigenvalue weighted by molar-refractivity contribution is -0.153. The Labute approximate surface area is 217 Å². The number of halogens is 2. The summed E-state index contributed by atoms with van der Waals surface area (Å²) in [5.41, 5.74) is 1.01. The van der Waals surface area contributed by atoms with Crippen molar-refractivity contribution in [3.05, 3.63) is 52.8 Å². The summed E-state index contributed by atoms with van der Waals surface area (Å²) in [5.74, 6) is -1.37. The summed E-state index contributed by atoms with van der Waals surface area (Å²) in [4.78, 5) is 38.5. The Kier molecular flexibility index (Phi) is 6.39. The summed E-state index contributed by atoms with van der Waals surface area (Å²) in [5, 5.41) is 15.1. The van der Waals surface area contributed by atoms with E-state index in [-0.39, 0.29) is 54.2 Å². The second kappa shape index (κ2) is 9.41. The van der Waals surface area contributed by atoms with E-state index in [2.05, 4.69) is 10.6 Å². The Morgan fingerprint density at radius 2 is 1.89 bits per heavy atom. The van der Waals surface area contributed by atoms with Crippen LogP contribution in [0.25, 0.3) is 0 Å². The van der Waals surface area contributed by atoms with Crippen molar-refractivity contribution in [2.75, 3.05) is 24.6 Å². The number of carbonyl (C=O) groups excluding carboxylic acids is 2. The van der Waals surface area contributed by atoms with Gasteiger partial charge < -0.3 is 30.1 Å². The van der Waals surface area contributed by atoms with Crippen LogP contribution in [-0.2, 0) is 14.4 Å². The topological polar surface area (TPSA) is 117 Å². The number of benzene rings is 2. The fraction of sp³-hybridized carbons (Fsp3) is 0.423.